The standard InChI is InChI=1S/C5H5FN2O/c1-3-7-2-4(6)5(9)8-3/h2,7H,1H2,(H,8,9). The van der Waals surface area contributed by atoms with E-state index in [1.165, 1.54) is 0 Å². The lowest BCUT2D eigenvalue weighted by Gasteiger charge is -2.11. The molecule has 0 atom stereocenters. The number of carbonyl (C=O) groups is 1. The van der Waals surface area contributed by atoms with Crippen LogP contribution in [0.3, 0.4) is 0 Å². The van der Waals surface area contributed by atoms with Gasteiger partial charge >= 0.3 is 0 Å². The molecule has 0 aromatic rings. The van der Waals surface area contributed by atoms with Gasteiger partial charge in [0.1, 0.15) is 5.82 Å². The summed E-state index contributed by atoms with van der Waals surface area (Å²) in [5, 5.41) is 4.54. The van der Waals surface area contributed by atoms with E-state index in [4.69, 9.17) is 0 Å². The molecular weight excluding hydrogens is 123 g/mol. The third-order valence-corrected chi connectivity index (χ3v) is 0.854. The molecule has 0 saturated heterocycles. The minimum atomic E-state index is -0.831. The maximum atomic E-state index is 12.1. The van der Waals surface area contributed by atoms with Gasteiger partial charge < -0.3 is 10.6 Å². The van der Waals surface area contributed by atoms with Crippen molar-refractivity contribution in [3.8, 4) is 0 Å². The fraction of sp³-hybridized carbons (Fsp3) is 0. The highest BCUT2D eigenvalue weighted by molar-refractivity contribution is 5.93. The molecule has 0 bridgehead atoms. The van der Waals surface area contributed by atoms with E-state index >= 15 is 0 Å². The molecule has 0 spiro atoms. The van der Waals surface area contributed by atoms with E-state index in [1.54, 1.807) is 0 Å². The fourth-order valence-electron chi connectivity index (χ4n) is 0.449. The van der Waals surface area contributed by atoms with Crippen LogP contribution in [0.15, 0.2) is 24.4 Å². The number of amides is 1. The van der Waals surface area contributed by atoms with Gasteiger partial charge in [-0.3, -0.25) is 4.79 Å². The Morgan fingerprint density at radius 3 is 2.78 bits per heavy atom. The Bertz CT molecular complexity index is 197. The molecule has 4 heteroatoms. The van der Waals surface area contributed by atoms with Crippen LogP contribution in [0.2, 0.25) is 0 Å². The van der Waals surface area contributed by atoms with Crippen LogP contribution in [-0.4, -0.2) is 5.91 Å². The molecule has 0 aromatic carbocycles. The molecule has 9 heavy (non-hydrogen) atoms. The van der Waals surface area contributed by atoms with E-state index in [9.17, 15) is 9.18 Å². The lowest BCUT2D eigenvalue weighted by molar-refractivity contribution is -0.118. The van der Waals surface area contributed by atoms with Crippen molar-refractivity contribution in [1.82, 2.24) is 10.6 Å². The zero-order valence-corrected chi connectivity index (χ0v) is 4.57. The highest BCUT2D eigenvalue weighted by Gasteiger charge is 2.12. The van der Waals surface area contributed by atoms with Crippen molar-refractivity contribution < 1.29 is 9.18 Å². The summed E-state index contributed by atoms with van der Waals surface area (Å²) >= 11 is 0. The summed E-state index contributed by atoms with van der Waals surface area (Å²) in [5.41, 5.74) is 0. The van der Waals surface area contributed by atoms with E-state index in [0.29, 0.717) is 5.82 Å². The Balaban J connectivity index is 2.79. The van der Waals surface area contributed by atoms with Crippen molar-refractivity contribution in [3.05, 3.63) is 24.4 Å². The Hall–Kier alpha value is -1.32. The minimum Gasteiger partial charge on any atom is -0.346 e. The SMILES string of the molecule is C=C1NC=C(F)C(=O)N1. The Labute approximate surface area is 51.2 Å². The van der Waals surface area contributed by atoms with E-state index < -0.39 is 11.7 Å². The molecule has 1 aliphatic rings. The van der Waals surface area contributed by atoms with Gasteiger partial charge in [-0.1, -0.05) is 6.58 Å². The summed E-state index contributed by atoms with van der Waals surface area (Å²) in [5.74, 6) is -1.29. The summed E-state index contributed by atoms with van der Waals surface area (Å²) in [4.78, 5) is 10.3. The van der Waals surface area contributed by atoms with Crippen LogP contribution in [0.4, 0.5) is 4.39 Å². The number of hydrogen-bond donors (Lipinski definition) is 2. The highest BCUT2D eigenvalue weighted by atomic mass is 19.1. The minimum absolute atomic E-state index is 0.293. The number of nitrogens with one attached hydrogen (secondary N) is 2. The van der Waals surface area contributed by atoms with Gasteiger partial charge in [-0.2, -0.15) is 4.39 Å². The van der Waals surface area contributed by atoms with Gasteiger partial charge in [-0.15, -0.1) is 0 Å². The first kappa shape index (κ1) is 5.81. The Morgan fingerprint density at radius 2 is 2.33 bits per heavy atom. The summed E-state index contributed by atoms with van der Waals surface area (Å²) in [6.45, 7) is 3.34. The molecule has 1 aliphatic heterocycles. The van der Waals surface area contributed by atoms with Gasteiger partial charge in [0.2, 0.25) is 5.83 Å². The predicted octanol–water partition coefficient (Wildman–Crippen LogP) is -0.0121. The summed E-state index contributed by atoms with van der Waals surface area (Å²) in [7, 11) is 0. The first-order chi connectivity index (χ1) is 4.20. The molecule has 1 amide bonds. The van der Waals surface area contributed by atoms with Gasteiger partial charge in [0.15, 0.2) is 0 Å². The second-order valence-corrected chi connectivity index (χ2v) is 1.57. The monoisotopic (exact) mass is 128 g/mol. The van der Waals surface area contributed by atoms with E-state index in [2.05, 4.69) is 17.2 Å². The molecule has 0 fully saturated rings. The molecule has 2 N–H and O–H groups in total. The largest absolute Gasteiger partial charge is 0.346 e. The summed E-state index contributed by atoms with van der Waals surface area (Å²) in [6, 6.07) is 0. The van der Waals surface area contributed by atoms with Crippen molar-refractivity contribution in [2.24, 2.45) is 0 Å². The zero-order valence-electron chi connectivity index (χ0n) is 4.57. The van der Waals surface area contributed by atoms with Crippen LogP contribution in [-0.2, 0) is 4.79 Å². The lowest BCUT2D eigenvalue weighted by Crippen LogP contribution is -2.33. The van der Waals surface area contributed by atoms with Crippen LogP contribution in [0, 0.1) is 0 Å². The van der Waals surface area contributed by atoms with Crippen molar-refractivity contribution in [1.29, 1.82) is 0 Å². The van der Waals surface area contributed by atoms with Gasteiger partial charge in [0.25, 0.3) is 5.91 Å². The number of halogens is 1. The average Bonchev–Trinajstić information content (AvgIpc) is 1.80. The summed E-state index contributed by atoms with van der Waals surface area (Å²) < 4.78 is 12.1. The third kappa shape index (κ3) is 1.07. The quantitative estimate of drug-likeness (QED) is 0.481. The average molecular weight is 128 g/mol. The van der Waals surface area contributed by atoms with Crippen molar-refractivity contribution in [3.63, 3.8) is 0 Å². The highest BCUT2D eigenvalue weighted by Crippen LogP contribution is 1.99. The van der Waals surface area contributed by atoms with Gasteiger partial charge in [0, 0.05) is 6.20 Å². The normalized spacial score (nSPS) is 18.1. The van der Waals surface area contributed by atoms with Crippen LogP contribution in [0.5, 0.6) is 0 Å². The fourth-order valence-corrected chi connectivity index (χ4v) is 0.449. The second-order valence-electron chi connectivity index (χ2n) is 1.57. The molecule has 1 rings (SSSR count). The molecule has 0 aliphatic carbocycles. The molecule has 1 heterocycles. The molecular formula is C5H5FN2O. The topological polar surface area (TPSA) is 41.1 Å². The molecule has 0 unspecified atom stereocenters. The van der Waals surface area contributed by atoms with Crippen molar-refractivity contribution >= 4 is 5.91 Å². The number of carbonyl (C=O) groups excluding carboxylic acids is 1. The maximum absolute atomic E-state index is 12.1. The third-order valence-electron chi connectivity index (χ3n) is 0.854. The Kier molecular flexibility index (Phi) is 1.22. The van der Waals surface area contributed by atoms with Crippen LogP contribution in [0.1, 0.15) is 0 Å². The van der Waals surface area contributed by atoms with Crippen LogP contribution < -0.4 is 10.6 Å². The van der Waals surface area contributed by atoms with E-state index in [-0.39, 0.29) is 0 Å². The number of hydrogen-bond acceptors (Lipinski definition) is 2. The van der Waals surface area contributed by atoms with Gasteiger partial charge in [-0.25, -0.2) is 0 Å². The first-order valence-corrected chi connectivity index (χ1v) is 2.32. The smallest absolute Gasteiger partial charge is 0.287 e. The Morgan fingerprint density at radius 1 is 1.67 bits per heavy atom. The van der Waals surface area contributed by atoms with E-state index in [0.717, 1.165) is 6.20 Å². The molecule has 0 radical (unpaired) electrons. The van der Waals surface area contributed by atoms with Crippen molar-refractivity contribution in [2.45, 2.75) is 0 Å². The van der Waals surface area contributed by atoms with Gasteiger partial charge in [-0.05, 0) is 0 Å². The van der Waals surface area contributed by atoms with Crippen LogP contribution >= 0.6 is 0 Å². The molecule has 0 aromatic heterocycles. The molecule has 0 saturated carbocycles. The van der Waals surface area contributed by atoms with Crippen molar-refractivity contribution in [2.75, 3.05) is 0 Å². The van der Waals surface area contributed by atoms with Crippen LogP contribution in [0.25, 0.3) is 0 Å². The maximum Gasteiger partial charge on any atom is 0.287 e. The predicted molar refractivity (Wildman–Crippen MR) is 29.6 cm³/mol. The van der Waals surface area contributed by atoms with E-state index in [1.807, 2.05) is 0 Å². The first-order valence-electron chi connectivity index (χ1n) is 2.32. The lowest BCUT2D eigenvalue weighted by atomic mass is 10.4. The zero-order chi connectivity index (χ0) is 6.85. The number of rotatable bonds is 0. The molecule has 3 nitrogen and oxygen atoms in total. The van der Waals surface area contributed by atoms with Gasteiger partial charge in [0.05, 0.1) is 0 Å². The summed E-state index contributed by atoms with van der Waals surface area (Å²) in [6.07, 6.45) is 0.959. The molecule has 48 valence electrons. The second kappa shape index (κ2) is 1.89.